The Labute approximate surface area is 240 Å². The maximum absolute atomic E-state index is 14.4. The molecule has 2 aromatic carbocycles. The molecule has 11 nitrogen and oxygen atoms in total. The monoisotopic (exact) mass is 577 g/mol. The van der Waals surface area contributed by atoms with E-state index >= 15 is 0 Å². The van der Waals surface area contributed by atoms with Gasteiger partial charge in [-0.05, 0) is 49.3 Å². The van der Waals surface area contributed by atoms with E-state index in [1.165, 1.54) is 12.1 Å². The summed E-state index contributed by atoms with van der Waals surface area (Å²) in [6.45, 7) is 1.59. The number of H-pyrrole nitrogens is 1. The number of nitrogens with zero attached hydrogens (tertiary/aromatic N) is 2. The van der Waals surface area contributed by atoms with Crippen molar-refractivity contribution in [1.29, 1.82) is 0 Å². The van der Waals surface area contributed by atoms with Crippen molar-refractivity contribution in [1.82, 2.24) is 15.2 Å². The molecule has 220 valence electrons. The van der Waals surface area contributed by atoms with E-state index in [2.05, 4.69) is 15.6 Å². The van der Waals surface area contributed by atoms with E-state index in [9.17, 15) is 28.9 Å². The van der Waals surface area contributed by atoms with Crippen molar-refractivity contribution in [3.05, 3.63) is 79.4 Å². The number of anilines is 1. The average molecular weight is 578 g/mol. The van der Waals surface area contributed by atoms with Crippen LogP contribution in [-0.2, 0) is 4.74 Å². The van der Waals surface area contributed by atoms with Crippen molar-refractivity contribution in [3.8, 4) is 0 Å². The number of carbonyl (C=O) groups excluding carboxylic acids is 2. The maximum atomic E-state index is 14.4. The molecule has 3 N–H and O–H groups in total. The first-order valence-electron chi connectivity index (χ1n) is 14.4. The number of aromatic amines is 1. The molecule has 2 heterocycles. The zero-order chi connectivity index (χ0) is 29.4. The van der Waals surface area contributed by atoms with E-state index in [0.717, 1.165) is 37.3 Å². The number of nitro benzene ring substituents is 1. The molecule has 0 radical (unpaired) electrons. The van der Waals surface area contributed by atoms with Gasteiger partial charge in [0, 0.05) is 42.7 Å². The molecule has 12 heteroatoms. The number of aromatic nitrogens is 1. The maximum Gasteiger partial charge on any atom is 0.293 e. The molecule has 3 fully saturated rings. The van der Waals surface area contributed by atoms with Crippen molar-refractivity contribution in [2.45, 2.75) is 56.5 Å². The zero-order valence-corrected chi connectivity index (χ0v) is 23.0. The number of pyridine rings is 1. The summed E-state index contributed by atoms with van der Waals surface area (Å²) in [5.74, 6) is -1.28. The Morgan fingerprint density at radius 1 is 1.02 bits per heavy atom. The van der Waals surface area contributed by atoms with Crippen LogP contribution in [-0.4, -0.2) is 65.0 Å². The first-order chi connectivity index (χ1) is 20.3. The second-order valence-corrected chi connectivity index (χ2v) is 11.2. The van der Waals surface area contributed by atoms with E-state index in [-0.39, 0.29) is 45.2 Å². The van der Waals surface area contributed by atoms with Crippen molar-refractivity contribution in [2.24, 2.45) is 0 Å². The number of fused-ring (bicyclic) bond motifs is 1. The number of nitro groups is 1. The summed E-state index contributed by atoms with van der Waals surface area (Å²) >= 11 is 0. The fourth-order valence-corrected chi connectivity index (χ4v) is 6.04. The Morgan fingerprint density at radius 3 is 2.48 bits per heavy atom. The van der Waals surface area contributed by atoms with Crippen molar-refractivity contribution >= 4 is 34.1 Å². The van der Waals surface area contributed by atoms with Gasteiger partial charge < -0.3 is 25.3 Å². The highest BCUT2D eigenvalue weighted by atomic mass is 19.1. The number of benzene rings is 2. The van der Waals surface area contributed by atoms with Crippen LogP contribution in [0.25, 0.3) is 10.9 Å². The van der Waals surface area contributed by atoms with Gasteiger partial charge in [0.25, 0.3) is 17.5 Å². The molecule has 1 aromatic heterocycles. The van der Waals surface area contributed by atoms with Gasteiger partial charge in [-0.1, -0.05) is 25.0 Å². The summed E-state index contributed by atoms with van der Waals surface area (Å²) in [6, 6.07) is 7.84. The highest BCUT2D eigenvalue weighted by Crippen LogP contribution is 2.44. The third-order valence-electron chi connectivity index (χ3n) is 8.40. The first-order valence-corrected chi connectivity index (χ1v) is 14.4. The van der Waals surface area contributed by atoms with Gasteiger partial charge in [-0.15, -0.1) is 0 Å². The number of amides is 2. The van der Waals surface area contributed by atoms with E-state index in [0.29, 0.717) is 39.1 Å². The predicted octanol–water partition coefficient (Wildman–Crippen LogP) is 4.08. The molecule has 2 atom stereocenters. The summed E-state index contributed by atoms with van der Waals surface area (Å²) in [7, 11) is 0. The fourth-order valence-electron chi connectivity index (χ4n) is 6.04. The lowest BCUT2D eigenvalue weighted by Crippen LogP contribution is -2.49. The summed E-state index contributed by atoms with van der Waals surface area (Å²) in [6.07, 6.45) is 4.67. The molecule has 2 amide bonds. The van der Waals surface area contributed by atoms with Crippen LogP contribution in [0.15, 0.2) is 41.2 Å². The van der Waals surface area contributed by atoms with E-state index < -0.39 is 34.3 Å². The average Bonchev–Trinajstić information content (AvgIpc) is 3.84. The van der Waals surface area contributed by atoms with Crippen molar-refractivity contribution < 1.29 is 23.6 Å². The summed E-state index contributed by atoms with van der Waals surface area (Å²) in [5, 5.41) is 18.9. The molecule has 0 bridgehead atoms. The van der Waals surface area contributed by atoms with Crippen LogP contribution in [0.1, 0.15) is 70.7 Å². The third-order valence-corrected chi connectivity index (χ3v) is 8.40. The third kappa shape index (κ3) is 5.58. The lowest BCUT2D eigenvalue weighted by molar-refractivity contribution is -0.384. The highest BCUT2D eigenvalue weighted by molar-refractivity contribution is 6.06. The van der Waals surface area contributed by atoms with E-state index in [1.54, 1.807) is 23.1 Å². The second-order valence-electron chi connectivity index (χ2n) is 11.2. The molecule has 2 aliphatic carbocycles. The second kappa shape index (κ2) is 11.5. The van der Waals surface area contributed by atoms with Gasteiger partial charge in [0.2, 0.25) is 5.56 Å². The van der Waals surface area contributed by atoms with Crippen LogP contribution in [0, 0.1) is 15.9 Å². The van der Waals surface area contributed by atoms with E-state index in [1.807, 2.05) is 0 Å². The molecule has 2 saturated carbocycles. The molecular formula is C30H32FN5O6. The standard InChI is InChI=1S/C30H32FN5O6/c31-22-5-3-4-19-20(16-26(37)34-27(19)22)29(38)33-24-7-2-1-6-23(24)32-28-21(30(39)35-10-12-42-13-11-35)14-18(17-8-9-17)15-25(28)36(40)41/h3-5,14-17,23-24,32H,1-2,6-13H2,(H,33,38)(H,34,37)/t23-,24+/m1/s1. The molecule has 1 saturated heterocycles. The lowest BCUT2D eigenvalue weighted by Gasteiger charge is -2.34. The molecule has 6 rings (SSSR count). The van der Waals surface area contributed by atoms with Gasteiger partial charge in [0.15, 0.2) is 0 Å². The number of carbonyl (C=O) groups is 2. The minimum absolute atomic E-state index is 0.0422. The predicted molar refractivity (Wildman–Crippen MR) is 153 cm³/mol. The number of morpholine rings is 1. The van der Waals surface area contributed by atoms with Gasteiger partial charge in [-0.25, -0.2) is 4.39 Å². The quantitative estimate of drug-likeness (QED) is 0.283. The van der Waals surface area contributed by atoms with Crippen LogP contribution >= 0.6 is 0 Å². The Balaban J connectivity index is 1.33. The fraction of sp³-hybridized carbons (Fsp3) is 0.433. The zero-order valence-electron chi connectivity index (χ0n) is 23.0. The molecule has 0 unspecified atom stereocenters. The number of hydrogen-bond donors (Lipinski definition) is 3. The van der Waals surface area contributed by atoms with Crippen LogP contribution < -0.4 is 16.2 Å². The summed E-state index contributed by atoms with van der Waals surface area (Å²) in [5.41, 5.74) is 0.407. The molecule has 3 aliphatic rings. The topological polar surface area (TPSA) is 147 Å². The van der Waals surface area contributed by atoms with Crippen molar-refractivity contribution in [2.75, 3.05) is 31.6 Å². The number of hydrogen-bond acceptors (Lipinski definition) is 7. The van der Waals surface area contributed by atoms with Crippen LogP contribution in [0.3, 0.4) is 0 Å². The summed E-state index contributed by atoms with van der Waals surface area (Å²) < 4.78 is 19.8. The number of halogens is 1. The molecular weight excluding hydrogens is 545 g/mol. The Bertz CT molecular complexity index is 1610. The molecule has 0 spiro atoms. The number of ether oxygens (including phenoxy) is 1. The van der Waals surface area contributed by atoms with E-state index in [4.69, 9.17) is 4.74 Å². The SMILES string of the molecule is O=C(N[C@H]1CCCC[C@H]1Nc1c(C(=O)N2CCOCC2)cc(C2CC2)cc1[N+](=O)[O-])c1cc(=O)[nH]c2c(F)cccc12. The number of para-hydroxylation sites is 1. The highest BCUT2D eigenvalue weighted by Gasteiger charge is 2.35. The smallest absolute Gasteiger partial charge is 0.293 e. The minimum Gasteiger partial charge on any atom is -0.378 e. The Hall–Kier alpha value is -4.32. The lowest BCUT2D eigenvalue weighted by atomic mass is 9.89. The normalized spacial score (nSPS) is 20.7. The Morgan fingerprint density at radius 2 is 1.76 bits per heavy atom. The minimum atomic E-state index is -0.643. The van der Waals surface area contributed by atoms with Crippen LogP contribution in [0.4, 0.5) is 15.8 Å². The number of nitrogens with one attached hydrogen (secondary N) is 3. The summed E-state index contributed by atoms with van der Waals surface area (Å²) in [4.78, 5) is 55.4. The number of rotatable bonds is 7. The largest absolute Gasteiger partial charge is 0.378 e. The molecule has 1 aliphatic heterocycles. The molecule has 3 aromatic rings. The van der Waals surface area contributed by atoms with Gasteiger partial charge >= 0.3 is 0 Å². The van der Waals surface area contributed by atoms with Gasteiger partial charge in [-0.2, -0.15) is 0 Å². The first kappa shape index (κ1) is 27.8. The van der Waals surface area contributed by atoms with Crippen LogP contribution in [0.5, 0.6) is 0 Å². The Kier molecular flexibility index (Phi) is 7.63. The molecule has 42 heavy (non-hydrogen) atoms. The van der Waals surface area contributed by atoms with Crippen molar-refractivity contribution in [3.63, 3.8) is 0 Å². The van der Waals surface area contributed by atoms with Gasteiger partial charge in [-0.3, -0.25) is 24.5 Å². The van der Waals surface area contributed by atoms with Gasteiger partial charge in [0.05, 0.1) is 34.8 Å². The van der Waals surface area contributed by atoms with Gasteiger partial charge in [0.1, 0.15) is 11.5 Å². The van der Waals surface area contributed by atoms with Crippen LogP contribution in [0.2, 0.25) is 0 Å².